The smallest absolute Gasteiger partial charge is 0.269 e. The minimum absolute atomic E-state index is 0.00957. The maximum atomic E-state index is 11.8. The summed E-state index contributed by atoms with van der Waals surface area (Å²) in [4.78, 5) is 22.0. The Bertz CT molecular complexity index is 622. The highest BCUT2D eigenvalue weighted by molar-refractivity contribution is 7.80. The van der Waals surface area contributed by atoms with E-state index in [0.29, 0.717) is 16.4 Å². The Hall–Kier alpha value is -2.28. The molecule has 2 N–H and O–H groups in total. The second kappa shape index (κ2) is 5.38. The maximum Gasteiger partial charge on any atom is 0.269 e. The van der Waals surface area contributed by atoms with Gasteiger partial charge in [-0.25, -0.2) is 0 Å². The van der Waals surface area contributed by atoms with Gasteiger partial charge in [-0.15, -0.1) is 0 Å². The van der Waals surface area contributed by atoms with Crippen molar-refractivity contribution in [1.82, 2.24) is 10.6 Å². The number of allylic oxidation sites excluding steroid dienone is 1. The average Bonchev–Trinajstić information content (AvgIpc) is 2.37. The number of non-ortho nitro benzene ring substituents is 1. The third-order valence-corrected chi connectivity index (χ3v) is 3.31. The standard InChI is InChI=1S/C13H13N3O3S/c1-7-11(8(2)17)12(15-13(20)14-7)9-3-5-10(6-4-9)16(18)19/h3-6,12H,1-2H3,(H2,14,15,20)/t12-/m0/s1. The van der Waals surface area contributed by atoms with Gasteiger partial charge in [0.1, 0.15) is 0 Å². The van der Waals surface area contributed by atoms with Gasteiger partial charge in [0.05, 0.1) is 11.0 Å². The average molecular weight is 291 g/mol. The first-order valence-corrected chi connectivity index (χ1v) is 6.34. The van der Waals surface area contributed by atoms with E-state index >= 15 is 0 Å². The van der Waals surface area contributed by atoms with Gasteiger partial charge in [-0.3, -0.25) is 14.9 Å². The van der Waals surface area contributed by atoms with Gasteiger partial charge < -0.3 is 10.6 Å². The molecule has 0 amide bonds. The lowest BCUT2D eigenvalue weighted by Gasteiger charge is -2.29. The fourth-order valence-electron chi connectivity index (χ4n) is 2.20. The van der Waals surface area contributed by atoms with Crippen LogP contribution in [0.1, 0.15) is 25.5 Å². The Morgan fingerprint density at radius 3 is 2.45 bits per heavy atom. The van der Waals surface area contributed by atoms with Crippen molar-refractivity contribution < 1.29 is 9.72 Å². The molecule has 1 aromatic rings. The second-order valence-electron chi connectivity index (χ2n) is 4.47. The molecule has 0 saturated heterocycles. The van der Waals surface area contributed by atoms with Crippen molar-refractivity contribution in [2.45, 2.75) is 19.9 Å². The first-order chi connectivity index (χ1) is 9.40. The van der Waals surface area contributed by atoms with E-state index in [1.54, 1.807) is 19.1 Å². The van der Waals surface area contributed by atoms with Crippen LogP contribution in [0.3, 0.4) is 0 Å². The molecule has 0 fully saturated rings. The Balaban J connectivity index is 2.43. The fraction of sp³-hybridized carbons (Fsp3) is 0.231. The first kappa shape index (κ1) is 14.1. The largest absolute Gasteiger partial charge is 0.351 e. The number of thiocarbonyl (C=S) groups is 1. The predicted octanol–water partition coefficient (Wildman–Crippen LogP) is 1.98. The zero-order valence-electron chi connectivity index (χ0n) is 11.0. The van der Waals surface area contributed by atoms with Crippen molar-refractivity contribution in [1.29, 1.82) is 0 Å². The molecule has 104 valence electrons. The van der Waals surface area contributed by atoms with E-state index in [0.717, 1.165) is 5.56 Å². The molecule has 20 heavy (non-hydrogen) atoms. The number of hydrogen-bond donors (Lipinski definition) is 2. The van der Waals surface area contributed by atoms with Crippen LogP contribution in [0, 0.1) is 10.1 Å². The van der Waals surface area contributed by atoms with Crippen LogP contribution in [0.15, 0.2) is 35.5 Å². The predicted molar refractivity (Wildman–Crippen MR) is 78.1 cm³/mol. The lowest BCUT2D eigenvalue weighted by atomic mass is 9.93. The molecule has 6 nitrogen and oxygen atoms in total. The van der Waals surface area contributed by atoms with Gasteiger partial charge >= 0.3 is 0 Å². The molecule has 0 spiro atoms. The molecule has 7 heteroatoms. The minimum atomic E-state index is -0.461. The number of nitro groups is 1. The highest BCUT2D eigenvalue weighted by Crippen LogP contribution is 2.28. The number of ketones is 1. The van der Waals surface area contributed by atoms with Gasteiger partial charge in [0, 0.05) is 23.4 Å². The topological polar surface area (TPSA) is 84.3 Å². The quantitative estimate of drug-likeness (QED) is 0.503. The lowest BCUT2D eigenvalue weighted by Crippen LogP contribution is -2.44. The highest BCUT2D eigenvalue weighted by atomic mass is 32.1. The Labute approximate surface area is 121 Å². The normalized spacial score (nSPS) is 18.3. The van der Waals surface area contributed by atoms with Crippen LogP contribution in [0.2, 0.25) is 0 Å². The number of carbonyl (C=O) groups is 1. The number of rotatable bonds is 3. The van der Waals surface area contributed by atoms with E-state index in [2.05, 4.69) is 10.6 Å². The van der Waals surface area contributed by atoms with Crippen LogP contribution in [-0.2, 0) is 4.79 Å². The number of nitro benzene ring substituents is 1. The van der Waals surface area contributed by atoms with Crippen molar-refractivity contribution in [3.05, 3.63) is 51.2 Å². The highest BCUT2D eigenvalue weighted by Gasteiger charge is 2.27. The summed E-state index contributed by atoms with van der Waals surface area (Å²) in [5.41, 5.74) is 2.04. The molecule has 0 aromatic heterocycles. The van der Waals surface area contributed by atoms with Crippen LogP contribution in [0.25, 0.3) is 0 Å². The number of carbonyl (C=O) groups excluding carboxylic acids is 1. The second-order valence-corrected chi connectivity index (χ2v) is 4.88. The summed E-state index contributed by atoms with van der Waals surface area (Å²) in [7, 11) is 0. The van der Waals surface area contributed by atoms with Crippen molar-refractivity contribution in [3.8, 4) is 0 Å². The van der Waals surface area contributed by atoms with Gasteiger partial charge in [-0.1, -0.05) is 0 Å². The Morgan fingerprint density at radius 2 is 1.95 bits per heavy atom. The molecule has 0 aliphatic carbocycles. The van der Waals surface area contributed by atoms with Crippen molar-refractivity contribution in [3.63, 3.8) is 0 Å². The van der Waals surface area contributed by atoms with Crippen LogP contribution in [0.5, 0.6) is 0 Å². The van der Waals surface area contributed by atoms with Gasteiger partial charge in [-0.05, 0) is 43.8 Å². The van der Waals surface area contributed by atoms with Gasteiger partial charge in [0.15, 0.2) is 10.9 Å². The maximum absolute atomic E-state index is 11.8. The van der Waals surface area contributed by atoms with E-state index in [4.69, 9.17) is 12.2 Å². The molecule has 1 aliphatic heterocycles. The molecule has 1 aliphatic rings. The SMILES string of the molecule is CC(=O)C1=C(C)NC(=S)N[C@H]1c1ccc([N+](=O)[O-])cc1. The number of hydrogen-bond acceptors (Lipinski definition) is 4. The molecule has 1 aromatic carbocycles. The van der Waals surface area contributed by atoms with Crippen molar-refractivity contribution in [2.75, 3.05) is 0 Å². The monoisotopic (exact) mass is 291 g/mol. The van der Waals surface area contributed by atoms with Crippen LogP contribution in [-0.4, -0.2) is 15.8 Å². The lowest BCUT2D eigenvalue weighted by molar-refractivity contribution is -0.384. The summed E-state index contributed by atoms with van der Waals surface area (Å²) < 4.78 is 0. The van der Waals surface area contributed by atoms with Crippen LogP contribution in [0.4, 0.5) is 5.69 Å². The number of nitrogens with one attached hydrogen (secondary N) is 2. The minimum Gasteiger partial charge on any atom is -0.351 e. The number of Topliss-reactive ketones (excluding diaryl/α,β-unsaturated/α-hetero) is 1. The summed E-state index contributed by atoms with van der Waals surface area (Å²) in [6, 6.07) is 5.69. The Kier molecular flexibility index (Phi) is 3.80. The van der Waals surface area contributed by atoms with E-state index in [9.17, 15) is 14.9 Å². The third kappa shape index (κ3) is 2.67. The van der Waals surface area contributed by atoms with E-state index < -0.39 is 4.92 Å². The summed E-state index contributed by atoms with van der Waals surface area (Å²) in [6.07, 6.45) is 0. The van der Waals surface area contributed by atoms with Crippen molar-refractivity contribution >= 4 is 28.8 Å². The molecule has 2 rings (SSSR count). The summed E-state index contributed by atoms with van der Waals surface area (Å²) in [5, 5.41) is 17.0. The molecule has 1 atom stereocenters. The van der Waals surface area contributed by atoms with Gasteiger partial charge in [-0.2, -0.15) is 0 Å². The molecular weight excluding hydrogens is 278 g/mol. The molecule has 1 heterocycles. The van der Waals surface area contributed by atoms with Crippen LogP contribution < -0.4 is 10.6 Å². The zero-order valence-corrected chi connectivity index (χ0v) is 11.8. The van der Waals surface area contributed by atoms with Crippen molar-refractivity contribution in [2.24, 2.45) is 0 Å². The molecule has 0 unspecified atom stereocenters. The Morgan fingerprint density at radius 1 is 1.35 bits per heavy atom. The molecular formula is C13H13N3O3S. The molecule has 0 saturated carbocycles. The fourth-order valence-corrected chi connectivity index (χ4v) is 2.47. The molecule has 0 radical (unpaired) electrons. The third-order valence-electron chi connectivity index (χ3n) is 3.09. The molecule has 0 bridgehead atoms. The summed E-state index contributed by atoms with van der Waals surface area (Å²) in [5.74, 6) is -0.0756. The van der Waals surface area contributed by atoms with E-state index in [-0.39, 0.29) is 17.5 Å². The van der Waals surface area contributed by atoms with E-state index in [1.165, 1.54) is 19.1 Å². The summed E-state index contributed by atoms with van der Waals surface area (Å²) >= 11 is 5.09. The van der Waals surface area contributed by atoms with Gasteiger partial charge in [0.2, 0.25) is 0 Å². The first-order valence-electron chi connectivity index (χ1n) is 5.93. The number of benzene rings is 1. The van der Waals surface area contributed by atoms with Crippen LogP contribution >= 0.6 is 12.2 Å². The zero-order chi connectivity index (χ0) is 14.9. The number of nitrogens with zero attached hydrogens (tertiary/aromatic N) is 1. The van der Waals surface area contributed by atoms with E-state index in [1.807, 2.05) is 0 Å². The van der Waals surface area contributed by atoms with Gasteiger partial charge in [0.25, 0.3) is 5.69 Å². The summed E-state index contributed by atoms with van der Waals surface area (Å²) in [6.45, 7) is 3.26.